The van der Waals surface area contributed by atoms with Crippen LogP contribution in [0.1, 0.15) is 57.8 Å². The van der Waals surface area contributed by atoms with Gasteiger partial charge >= 0.3 is 0 Å². The van der Waals surface area contributed by atoms with Crippen LogP contribution in [0.4, 0.5) is 0 Å². The average Bonchev–Trinajstić information content (AvgIpc) is 2.89. The SMILES string of the molecule is OCC1(CNCC2(CO)CCCC2)CCCCC1. The molecule has 2 saturated carbocycles. The minimum Gasteiger partial charge on any atom is -0.396 e. The molecule has 0 saturated heterocycles. The molecule has 2 aliphatic carbocycles. The standard InChI is InChI=1S/C15H29NO2/c17-12-14(6-2-1-3-7-14)10-16-11-15(13-18)8-4-5-9-15/h16-18H,1-13H2. The van der Waals surface area contributed by atoms with E-state index in [2.05, 4.69) is 5.32 Å². The van der Waals surface area contributed by atoms with E-state index < -0.39 is 0 Å². The molecule has 0 atom stereocenters. The summed E-state index contributed by atoms with van der Waals surface area (Å²) in [5, 5.41) is 22.8. The van der Waals surface area contributed by atoms with E-state index in [4.69, 9.17) is 0 Å². The fraction of sp³-hybridized carbons (Fsp3) is 1.00. The molecule has 0 unspecified atom stereocenters. The van der Waals surface area contributed by atoms with Gasteiger partial charge in [0.15, 0.2) is 0 Å². The van der Waals surface area contributed by atoms with Gasteiger partial charge < -0.3 is 15.5 Å². The second-order valence-electron chi connectivity index (χ2n) is 6.69. The molecule has 106 valence electrons. The Labute approximate surface area is 111 Å². The normalized spacial score (nSPS) is 26.3. The second kappa shape index (κ2) is 6.36. The van der Waals surface area contributed by atoms with Crippen LogP contribution in [0.15, 0.2) is 0 Å². The summed E-state index contributed by atoms with van der Waals surface area (Å²) in [5.41, 5.74) is 0.249. The first-order chi connectivity index (χ1) is 8.74. The van der Waals surface area contributed by atoms with Crippen molar-refractivity contribution >= 4 is 0 Å². The van der Waals surface area contributed by atoms with E-state index in [9.17, 15) is 10.2 Å². The Balaban J connectivity index is 1.79. The molecule has 3 N–H and O–H groups in total. The Morgan fingerprint density at radius 2 is 1.06 bits per heavy atom. The van der Waals surface area contributed by atoms with Crippen molar-refractivity contribution in [1.82, 2.24) is 5.32 Å². The molecule has 0 radical (unpaired) electrons. The monoisotopic (exact) mass is 255 g/mol. The third-order valence-corrected chi connectivity index (χ3v) is 5.25. The van der Waals surface area contributed by atoms with E-state index in [1.54, 1.807) is 0 Å². The van der Waals surface area contributed by atoms with Crippen molar-refractivity contribution in [2.24, 2.45) is 10.8 Å². The fourth-order valence-corrected chi connectivity index (χ4v) is 3.80. The maximum absolute atomic E-state index is 9.67. The summed E-state index contributed by atoms with van der Waals surface area (Å²) in [6.45, 7) is 2.47. The summed E-state index contributed by atoms with van der Waals surface area (Å²) in [7, 11) is 0. The zero-order chi connectivity index (χ0) is 12.9. The van der Waals surface area contributed by atoms with Crippen molar-refractivity contribution in [2.75, 3.05) is 26.3 Å². The van der Waals surface area contributed by atoms with Crippen molar-refractivity contribution in [3.63, 3.8) is 0 Å². The minimum absolute atomic E-state index is 0.119. The minimum atomic E-state index is 0.119. The van der Waals surface area contributed by atoms with Crippen LogP contribution in [-0.2, 0) is 0 Å². The largest absolute Gasteiger partial charge is 0.396 e. The molecule has 2 rings (SSSR count). The fourth-order valence-electron chi connectivity index (χ4n) is 3.80. The van der Waals surface area contributed by atoms with Crippen molar-refractivity contribution in [3.8, 4) is 0 Å². The van der Waals surface area contributed by atoms with Crippen LogP contribution < -0.4 is 5.32 Å². The Hall–Kier alpha value is -0.120. The Bertz CT molecular complexity index is 243. The van der Waals surface area contributed by atoms with Crippen LogP contribution in [0.2, 0.25) is 0 Å². The van der Waals surface area contributed by atoms with E-state index in [0.717, 1.165) is 38.8 Å². The number of aliphatic hydroxyl groups excluding tert-OH is 2. The van der Waals surface area contributed by atoms with Crippen molar-refractivity contribution in [1.29, 1.82) is 0 Å². The number of hydrogen-bond donors (Lipinski definition) is 3. The molecule has 0 aromatic carbocycles. The van der Waals surface area contributed by atoms with E-state index in [0.29, 0.717) is 13.2 Å². The highest BCUT2D eigenvalue weighted by Gasteiger charge is 2.35. The molecule has 3 nitrogen and oxygen atoms in total. The van der Waals surface area contributed by atoms with Crippen molar-refractivity contribution in [2.45, 2.75) is 57.8 Å². The van der Waals surface area contributed by atoms with E-state index in [1.807, 2.05) is 0 Å². The van der Waals surface area contributed by atoms with Gasteiger partial charge in [0, 0.05) is 37.1 Å². The van der Waals surface area contributed by atoms with Gasteiger partial charge in [0.05, 0.1) is 0 Å². The maximum atomic E-state index is 9.67. The number of rotatable bonds is 6. The van der Waals surface area contributed by atoms with Gasteiger partial charge in [-0.3, -0.25) is 0 Å². The molecule has 0 aromatic rings. The lowest BCUT2D eigenvalue weighted by atomic mass is 9.74. The molecule has 0 aliphatic heterocycles. The third kappa shape index (κ3) is 3.25. The number of aliphatic hydroxyl groups is 2. The van der Waals surface area contributed by atoms with Crippen LogP contribution in [0.3, 0.4) is 0 Å². The smallest absolute Gasteiger partial charge is 0.0499 e. The highest BCUT2D eigenvalue weighted by Crippen LogP contribution is 2.38. The van der Waals surface area contributed by atoms with Crippen molar-refractivity contribution < 1.29 is 10.2 Å². The molecule has 18 heavy (non-hydrogen) atoms. The first-order valence-electron chi connectivity index (χ1n) is 7.67. The summed E-state index contributed by atoms with van der Waals surface area (Å²) in [4.78, 5) is 0. The van der Waals surface area contributed by atoms with Crippen LogP contribution in [0, 0.1) is 10.8 Å². The highest BCUT2D eigenvalue weighted by molar-refractivity contribution is 4.89. The average molecular weight is 255 g/mol. The second-order valence-corrected chi connectivity index (χ2v) is 6.69. The van der Waals surface area contributed by atoms with Gasteiger partial charge in [-0.25, -0.2) is 0 Å². The van der Waals surface area contributed by atoms with Crippen LogP contribution >= 0.6 is 0 Å². The Morgan fingerprint density at radius 1 is 0.667 bits per heavy atom. The summed E-state index contributed by atoms with van der Waals surface area (Å²) in [6.07, 6.45) is 11.0. The molecule has 2 fully saturated rings. The maximum Gasteiger partial charge on any atom is 0.0499 e. The quantitative estimate of drug-likeness (QED) is 0.681. The Kier molecular flexibility index (Phi) is 5.05. The van der Waals surface area contributed by atoms with Gasteiger partial charge in [0.25, 0.3) is 0 Å². The van der Waals surface area contributed by atoms with Gasteiger partial charge in [0.2, 0.25) is 0 Å². The van der Waals surface area contributed by atoms with E-state index >= 15 is 0 Å². The van der Waals surface area contributed by atoms with Crippen LogP contribution in [0.5, 0.6) is 0 Å². The van der Waals surface area contributed by atoms with Crippen molar-refractivity contribution in [3.05, 3.63) is 0 Å². The van der Waals surface area contributed by atoms with Crippen LogP contribution in [-0.4, -0.2) is 36.5 Å². The van der Waals surface area contributed by atoms with E-state index in [-0.39, 0.29) is 10.8 Å². The summed E-state index contributed by atoms with van der Waals surface area (Å²) >= 11 is 0. The molecule has 0 amide bonds. The Morgan fingerprint density at radius 3 is 1.44 bits per heavy atom. The molecule has 2 aliphatic rings. The van der Waals surface area contributed by atoms with Gasteiger partial charge in [-0.05, 0) is 25.7 Å². The molecule has 0 spiro atoms. The third-order valence-electron chi connectivity index (χ3n) is 5.25. The highest BCUT2D eigenvalue weighted by atomic mass is 16.3. The van der Waals surface area contributed by atoms with Gasteiger partial charge in [-0.15, -0.1) is 0 Å². The lowest BCUT2D eigenvalue weighted by molar-refractivity contribution is 0.0708. The lowest BCUT2D eigenvalue weighted by Gasteiger charge is -2.37. The summed E-state index contributed by atoms with van der Waals surface area (Å²) in [5.74, 6) is 0. The topological polar surface area (TPSA) is 52.5 Å². The summed E-state index contributed by atoms with van der Waals surface area (Å²) in [6, 6.07) is 0. The first kappa shape index (κ1) is 14.3. The zero-order valence-electron chi connectivity index (χ0n) is 11.6. The lowest BCUT2D eigenvalue weighted by Crippen LogP contribution is -2.43. The zero-order valence-corrected chi connectivity index (χ0v) is 11.6. The molecular formula is C15H29NO2. The number of hydrogen-bond acceptors (Lipinski definition) is 3. The molecule has 3 heteroatoms. The predicted molar refractivity (Wildman–Crippen MR) is 73.5 cm³/mol. The van der Waals surface area contributed by atoms with Gasteiger partial charge in [-0.2, -0.15) is 0 Å². The molecule has 0 aromatic heterocycles. The van der Waals surface area contributed by atoms with Gasteiger partial charge in [0.1, 0.15) is 0 Å². The number of nitrogens with one attached hydrogen (secondary N) is 1. The summed E-state index contributed by atoms with van der Waals surface area (Å²) < 4.78 is 0. The van der Waals surface area contributed by atoms with E-state index in [1.165, 1.54) is 32.1 Å². The van der Waals surface area contributed by atoms with Gasteiger partial charge in [-0.1, -0.05) is 32.1 Å². The molecular weight excluding hydrogens is 226 g/mol. The predicted octanol–water partition coefficient (Wildman–Crippen LogP) is 2.07. The molecule has 0 bridgehead atoms. The van der Waals surface area contributed by atoms with Crippen LogP contribution in [0.25, 0.3) is 0 Å². The molecule has 0 heterocycles. The first-order valence-corrected chi connectivity index (χ1v) is 7.67.